The van der Waals surface area contributed by atoms with Crippen LogP contribution in [0.5, 0.6) is 0 Å². The highest BCUT2D eigenvalue weighted by molar-refractivity contribution is 5.81. The molecule has 0 spiro atoms. The Balaban J connectivity index is 1.40. The van der Waals surface area contributed by atoms with Gasteiger partial charge in [-0.2, -0.15) is 0 Å². The van der Waals surface area contributed by atoms with Crippen molar-refractivity contribution >= 4 is 17.5 Å². The second kappa shape index (κ2) is 11.3. The van der Waals surface area contributed by atoms with E-state index in [2.05, 4.69) is 34.5 Å². The molecular weight excluding hydrogens is 412 g/mol. The molecule has 4 rings (SSSR count). The molecule has 0 aromatic heterocycles. The van der Waals surface area contributed by atoms with Crippen LogP contribution in [0, 0.1) is 0 Å². The number of nitrogens with zero attached hydrogens (tertiary/aromatic N) is 3. The fraction of sp³-hybridized carbons (Fsp3) is 0.481. The SMILES string of the molecule is CCC(=O)N1CCc2c(cccc2NCC(=O)N(CCN2CCCC2)Cc2ccccc2)C1. The van der Waals surface area contributed by atoms with E-state index >= 15 is 0 Å². The monoisotopic (exact) mass is 448 g/mol. The predicted octanol–water partition coefficient (Wildman–Crippen LogP) is 3.52. The van der Waals surface area contributed by atoms with Crippen molar-refractivity contribution in [2.75, 3.05) is 44.6 Å². The topological polar surface area (TPSA) is 55.9 Å². The van der Waals surface area contributed by atoms with Crippen molar-refractivity contribution in [3.63, 3.8) is 0 Å². The van der Waals surface area contributed by atoms with E-state index < -0.39 is 0 Å². The van der Waals surface area contributed by atoms with Crippen molar-refractivity contribution in [1.82, 2.24) is 14.7 Å². The number of fused-ring (bicyclic) bond motifs is 1. The smallest absolute Gasteiger partial charge is 0.242 e. The van der Waals surface area contributed by atoms with Gasteiger partial charge in [-0.05, 0) is 55.1 Å². The van der Waals surface area contributed by atoms with Crippen molar-refractivity contribution < 1.29 is 9.59 Å². The Bertz CT molecular complexity index is 940. The van der Waals surface area contributed by atoms with Gasteiger partial charge >= 0.3 is 0 Å². The number of nitrogens with one attached hydrogen (secondary N) is 1. The summed E-state index contributed by atoms with van der Waals surface area (Å²) in [5, 5.41) is 3.42. The highest BCUT2D eigenvalue weighted by Gasteiger charge is 2.22. The van der Waals surface area contributed by atoms with Crippen LogP contribution in [0.4, 0.5) is 5.69 Å². The molecule has 0 unspecified atom stereocenters. The van der Waals surface area contributed by atoms with Crippen LogP contribution in [-0.4, -0.2) is 65.8 Å². The van der Waals surface area contributed by atoms with Gasteiger partial charge in [0.1, 0.15) is 0 Å². The maximum Gasteiger partial charge on any atom is 0.242 e. The lowest BCUT2D eigenvalue weighted by Crippen LogP contribution is -2.40. The van der Waals surface area contributed by atoms with Crippen molar-refractivity contribution in [2.24, 2.45) is 0 Å². The summed E-state index contributed by atoms with van der Waals surface area (Å²) >= 11 is 0. The van der Waals surface area contributed by atoms with Gasteiger partial charge in [0, 0.05) is 44.8 Å². The second-order valence-corrected chi connectivity index (χ2v) is 9.07. The van der Waals surface area contributed by atoms with Crippen LogP contribution in [-0.2, 0) is 29.1 Å². The zero-order chi connectivity index (χ0) is 23.0. The van der Waals surface area contributed by atoms with E-state index in [-0.39, 0.29) is 18.4 Å². The number of amides is 2. The Morgan fingerprint density at radius 3 is 2.55 bits per heavy atom. The zero-order valence-corrected chi connectivity index (χ0v) is 19.8. The van der Waals surface area contributed by atoms with Crippen LogP contribution in [0.3, 0.4) is 0 Å². The van der Waals surface area contributed by atoms with Crippen LogP contribution >= 0.6 is 0 Å². The molecule has 0 atom stereocenters. The first-order valence-electron chi connectivity index (χ1n) is 12.3. The van der Waals surface area contributed by atoms with Crippen molar-refractivity contribution in [3.05, 3.63) is 65.2 Å². The maximum absolute atomic E-state index is 13.3. The summed E-state index contributed by atoms with van der Waals surface area (Å²) in [6.45, 7) is 8.17. The molecule has 6 nitrogen and oxygen atoms in total. The average molecular weight is 449 g/mol. The largest absolute Gasteiger partial charge is 0.376 e. The molecule has 2 heterocycles. The van der Waals surface area contributed by atoms with E-state index in [1.807, 2.05) is 41.0 Å². The molecule has 0 radical (unpaired) electrons. The van der Waals surface area contributed by atoms with Crippen molar-refractivity contribution in [1.29, 1.82) is 0 Å². The minimum Gasteiger partial charge on any atom is -0.376 e. The van der Waals surface area contributed by atoms with Gasteiger partial charge in [-0.25, -0.2) is 0 Å². The van der Waals surface area contributed by atoms with E-state index in [4.69, 9.17) is 0 Å². The molecule has 0 aliphatic carbocycles. The predicted molar refractivity (Wildman–Crippen MR) is 132 cm³/mol. The molecule has 1 fully saturated rings. The molecule has 2 aromatic carbocycles. The third-order valence-electron chi connectivity index (χ3n) is 6.80. The van der Waals surface area contributed by atoms with E-state index in [1.165, 1.54) is 24.0 Å². The summed E-state index contributed by atoms with van der Waals surface area (Å²) in [5.41, 5.74) is 4.58. The normalized spacial score (nSPS) is 15.8. The summed E-state index contributed by atoms with van der Waals surface area (Å²) in [5.74, 6) is 0.318. The zero-order valence-electron chi connectivity index (χ0n) is 19.8. The average Bonchev–Trinajstić information content (AvgIpc) is 3.38. The first-order chi connectivity index (χ1) is 16.1. The molecule has 2 aliphatic heterocycles. The summed E-state index contributed by atoms with van der Waals surface area (Å²) in [4.78, 5) is 31.7. The number of rotatable bonds is 9. The first-order valence-corrected chi connectivity index (χ1v) is 12.3. The minimum atomic E-state index is 0.120. The Morgan fingerprint density at radius 2 is 1.79 bits per heavy atom. The molecule has 33 heavy (non-hydrogen) atoms. The van der Waals surface area contributed by atoms with Crippen LogP contribution in [0.2, 0.25) is 0 Å². The molecule has 0 bridgehead atoms. The van der Waals surface area contributed by atoms with Gasteiger partial charge in [-0.15, -0.1) is 0 Å². The lowest BCUT2D eigenvalue weighted by Gasteiger charge is -2.30. The van der Waals surface area contributed by atoms with Gasteiger partial charge < -0.3 is 20.0 Å². The highest BCUT2D eigenvalue weighted by Crippen LogP contribution is 2.26. The number of carbonyl (C=O) groups is 2. The Labute approximate surface area is 197 Å². The molecule has 0 saturated carbocycles. The van der Waals surface area contributed by atoms with Crippen LogP contribution < -0.4 is 5.32 Å². The number of hydrogen-bond donors (Lipinski definition) is 1. The molecule has 1 N–H and O–H groups in total. The maximum atomic E-state index is 13.3. The Morgan fingerprint density at radius 1 is 1.00 bits per heavy atom. The fourth-order valence-corrected chi connectivity index (χ4v) is 4.86. The van der Waals surface area contributed by atoms with Crippen LogP contribution in [0.1, 0.15) is 42.9 Å². The van der Waals surface area contributed by atoms with E-state index in [0.717, 1.165) is 50.4 Å². The van der Waals surface area contributed by atoms with Crippen molar-refractivity contribution in [3.8, 4) is 0 Å². The lowest BCUT2D eigenvalue weighted by atomic mass is 9.97. The number of carbonyl (C=O) groups excluding carboxylic acids is 2. The minimum absolute atomic E-state index is 0.120. The molecular formula is C27H36N4O2. The number of hydrogen-bond acceptors (Lipinski definition) is 4. The van der Waals surface area contributed by atoms with Crippen LogP contribution in [0.25, 0.3) is 0 Å². The number of benzene rings is 2. The number of likely N-dealkylation sites (tertiary alicyclic amines) is 1. The van der Waals surface area contributed by atoms with Gasteiger partial charge in [-0.3, -0.25) is 9.59 Å². The molecule has 1 saturated heterocycles. The van der Waals surface area contributed by atoms with E-state index in [9.17, 15) is 9.59 Å². The van der Waals surface area contributed by atoms with E-state index in [1.54, 1.807) is 0 Å². The summed E-state index contributed by atoms with van der Waals surface area (Å²) < 4.78 is 0. The lowest BCUT2D eigenvalue weighted by molar-refractivity contribution is -0.132. The standard InChI is InChI=1S/C27H36N4O2/c1-2-26(32)30-16-13-24-23(21-30)11-8-12-25(24)28-19-27(33)31(18-17-29-14-6-7-15-29)20-22-9-4-3-5-10-22/h3-5,8-12,28H,2,6-7,13-21H2,1H3. The molecule has 6 heteroatoms. The van der Waals surface area contributed by atoms with Gasteiger partial charge in [0.25, 0.3) is 0 Å². The summed E-state index contributed by atoms with van der Waals surface area (Å²) in [7, 11) is 0. The third kappa shape index (κ3) is 6.14. The molecule has 2 aromatic rings. The molecule has 2 amide bonds. The quantitative estimate of drug-likeness (QED) is 0.638. The highest BCUT2D eigenvalue weighted by atomic mass is 16.2. The Hall–Kier alpha value is -2.86. The third-order valence-corrected chi connectivity index (χ3v) is 6.80. The number of anilines is 1. The van der Waals surface area contributed by atoms with Gasteiger partial charge in [-0.1, -0.05) is 49.4 Å². The van der Waals surface area contributed by atoms with Gasteiger partial charge in [0.15, 0.2) is 0 Å². The van der Waals surface area contributed by atoms with Gasteiger partial charge in [0.2, 0.25) is 11.8 Å². The summed E-state index contributed by atoms with van der Waals surface area (Å²) in [6.07, 6.45) is 3.88. The van der Waals surface area contributed by atoms with E-state index in [0.29, 0.717) is 19.5 Å². The Kier molecular flexibility index (Phi) is 8.00. The summed E-state index contributed by atoms with van der Waals surface area (Å²) in [6, 6.07) is 16.4. The van der Waals surface area contributed by atoms with Crippen molar-refractivity contribution in [2.45, 2.75) is 45.7 Å². The van der Waals surface area contributed by atoms with Gasteiger partial charge in [0.05, 0.1) is 6.54 Å². The molecule has 2 aliphatic rings. The van der Waals surface area contributed by atoms with Crippen LogP contribution in [0.15, 0.2) is 48.5 Å². The first kappa shape index (κ1) is 23.3. The fourth-order valence-electron chi connectivity index (χ4n) is 4.86. The molecule has 176 valence electrons. The second-order valence-electron chi connectivity index (χ2n) is 9.07.